The van der Waals surface area contributed by atoms with Gasteiger partial charge in [-0.3, -0.25) is 19.5 Å². The van der Waals surface area contributed by atoms with E-state index in [0.717, 1.165) is 5.56 Å². The number of carboxylic acids is 1. The Kier molecular flexibility index (Phi) is 4.89. The smallest absolute Gasteiger partial charge is 0.352 e. The number of hydrogen-bond acceptors (Lipinski definition) is 6. The molecule has 0 aromatic heterocycles. The lowest BCUT2D eigenvalue weighted by atomic mass is 10.0. The van der Waals surface area contributed by atoms with E-state index in [1.807, 2.05) is 30.3 Å². The highest BCUT2D eigenvalue weighted by molar-refractivity contribution is 8.00. The summed E-state index contributed by atoms with van der Waals surface area (Å²) in [5, 5.41) is 9.12. The molecule has 3 rings (SSSR count). The van der Waals surface area contributed by atoms with E-state index in [1.165, 1.54) is 23.6 Å². The fraction of sp³-hybridized carbons (Fsp3) is 0.294. The Balaban J connectivity index is 1.78. The molecule has 1 aromatic carbocycles. The Labute approximate surface area is 148 Å². The van der Waals surface area contributed by atoms with Crippen molar-refractivity contribution in [2.75, 3.05) is 12.4 Å². The maximum atomic E-state index is 12.4. The summed E-state index contributed by atoms with van der Waals surface area (Å²) in [4.78, 5) is 40.5. The number of aliphatic imine (C=N–C) groups is 1. The maximum Gasteiger partial charge on any atom is 0.352 e. The molecule has 2 aliphatic heterocycles. The van der Waals surface area contributed by atoms with Crippen LogP contribution in [0.15, 0.2) is 46.6 Å². The molecule has 2 heterocycles. The van der Waals surface area contributed by atoms with Gasteiger partial charge in [0.25, 0.3) is 5.91 Å². The van der Waals surface area contributed by atoms with Crippen LogP contribution >= 0.6 is 11.8 Å². The molecule has 25 heavy (non-hydrogen) atoms. The van der Waals surface area contributed by atoms with Crippen molar-refractivity contribution in [3.8, 4) is 0 Å². The molecule has 1 saturated heterocycles. The van der Waals surface area contributed by atoms with Gasteiger partial charge in [0, 0.05) is 24.5 Å². The topological polar surface area (TPSA) is 96.3 Å². The van der Waals surface area contributed by atoms with Crippen LogP contribution in [0.5, 0.6) is 0 Å². The van der Waals surface area contributed by atoms with Gasteiger partial charge >= 0.3 is 11.9 Å². The number of nitrogens with zero attached hydrogens (tertiary/aromatic N) is 2. The molecule has 2 aliphatic rings. The van der Waals surface area contributed by atoms with Crippen LogP contribution in [0.1, 0.15) is 12.5 Å². The first-order valence-corrected chi connectivity index (χ1v) is 8.65. The van der Waals surface area contributed by atoms with Crippen LogP contribution < -0.4 is 0 Å². The van der Waals surface area contributed by atoms with E-state index >= 15 is 0 Å². The predicted octanol–water partition coefficient (Wildman–Crippen LogP) is 1.29. The largest absolute Gasteiger partial charge is 0.477 e. The minimum atomic E-state index is -1.20. The summed E-state index contributed by atoms with van der Waals surface area (Å²) in [5.41, 5.74) is 1.20. The van der Waals surface area contributed by atoms with E-state index in [2.05, 4.69) is 4.99 Å². The first kappa shape index (κ1) is 17.2. The van der Waals surface area contributed by atoms with E-state index in [-0.39, 0.29) is 23.6 Å². The number of amides is 1. The van der Waals surface area contributed by atoms with Gasteiger partial charge in [-0.25, -0.2) is 4.79 Å². The lowest BCUT2D eigenvalue weighted by molar-refractivity contribution is -0.148. The minimum absolute atomic E-state index is 0.0961. The second-order valence-corrected chi connectivity index (χ2v) is 6.69. The van der Waals surface area contributed by atoms with Crippen LogP contribution in [0, 0.1) is 0 Å². The maximum absolute atomic E-state index is 12.4. The summed E-state index contributed by atoms with van der Waals surface area (Å²) in [6.07, 6.45) is 1.62. The van der Waals surface area contributed by atoms with E-state index in [0.29, 0.717) is 11.3 Å². The fourth-order valence-corrected chi connectivity index (χ4v) is 3.99. The standard InChI is InChI=1S/C17H16N2O5S/c1-10(20)24-8-12-9-25-16-13(15(21)19(16)14(12)17(22)23)18-7-11-5-3-2-4-6-11/h2-7,13,16H,8-9H2,1H3,(H,22,23)/t13-,16-/m1/s1. The van der Waals surface area contributed by atoms with Crippen molar-refractivity contribution in [1.82, 2.24) is 4.90 Å². The number of aliphatic carboxylic acids is 1. The average Bonchev–Trinajstić information content (AvgIpc) is 2.60. The van der Waals surface area contributed by atoms with Crippen molar-refractivity contribution in [2.45, 2.75) is 18.3 Å². The van der Waals surface area contributed by atoms with Crippen molar-refractivity contribution in [3.63, 3.8) is 0 Å². The molecule has 7 nitrogen and oxygen atoms in total. The van der Waals surface area contributed by atoms with Gasteiger partial charge in [-0.15, -0.1) is 11.8 Å². The third-order valence-electron chi connectivity index (χ3n) is 3.86. The third kappa shape index (κ3) is 3.43. The molecule has 1 aromatic rings. The zero-order valence-corrected chi connectivity index (χ0v) is 14.2. The number of fused-ring (bicyclic) bond motifs is 1. The van der Waals surface area contributed by atoms with Crippen LogP contribution in [-0.4, -0.2) is 57.8 Å². The second kappa shape index (κ2) is 7.10. The van der Waals surface area contributed by atoms with Crippen molar-refractivity contribution in [3.05, 3.63) is 47.2 Å². The molecular formula is C17H16N2O5S. The Morgan fingerprint density at radius 2 is 2.12 bits per heavy atom. The van der Waals surface area contributed by atoms with Crippen molar-refractivity contribution in [1.29, 1.82) is 0 Å². The van der Waals surface area contributed by atoms with Crippen LogP contribution in [0.2, 0.25) is 0 Å². The Morgan fingerprint density at radius 1 is 1.40 bits per heavy atom. The van der Waals surface area contributed by atoms with Gasteiger partial charge in [0.15, 0.2) is 6.04 Å². The van der Waals surface area contributed by atoms with Gasteiger partial charge in [0.05, 0.1) is 0 Å². The number of ether oxygens (including phenoxy) is 1. The average molecular weight is 360 g/mol. The quantitative estimate of drug-likeness (QED) is 0.483. The van der Waals surface area contributed by atoms with Gasteiger partial charge in [-0.2, -0.15) is 0 Å². The SMILES string of the molecule is CC(=O)OCC1=C(C(=O)O)N2C(=O)[C@@H](N=Cc3ccccc3)[C@H]2SC1. The van der Waals surface area contributed by atoms with Gasteiger partial charge in [-0.1, -0.05) is 30.3 Å². The van der Waals surface area contributed by atoms with Crippen LogP contribution in [0.4, 0.5) is 0 Å². The molecule has 1 fully saturated rings. The molecule has 130 valence electrons. The van der Waals surface area contributed by atoms with Crippen molar-refractivity contribution in [2.24, 2.45) is 4.99 Å². The number of carbonyl (C=O) groups excluding carboxylic acids is 2. The second-order valence-electron chi connectivity index (χ2n) is 5.58. The zero-order chi connectivity index (χ0) is 18.0. The number of hydrogen-bond donors (Lipinski definition) is 1. The first-order valence-electron chi connectivity index (χ1n) is 7.60. The molecule has 0 spiro atoms. The van der Waals surface area contributed by atoms with E-state index in [1.54, 1.807) is 6.21 Å². The fourth-order valence-electron chi connectivity index (χ4n) is 2.67. The molecular weight excluding hydrogens is 344 g/mol. The summed E-state index contributed by atoms with van der Waals surface area (Å²) < 4.78 is 4.90. The van der Waals surface area contributed by atoms with Crippen molar-refractivity contribution < 1.29 is 24.2 Å². The first-order chi connectivity index (χ1) is 12.0. The van der Waals surface area contributed by atoms with Gasteiger partial charge < -0.3 is 9.84 Å². The zero-order valence-electron chi connectivity index (χ0n) is 13.4. The third-order valence-corrected chi connectivity index (χ3v) is 5.18. The van der Waals surface area contributed by atoms with E-state index < -0.39 is 18.0 Å². The van der Waals surface area contributed by atoms with Gasteiger partial charge in [0.1, 0.15) is 17.7 Å². The lowest BCUT2D eigenvalue weighted by Crippen LogP contribution is -2.64. The highest BCUT2D eigenvalue weighted by atomic mass is 32.2. The molecule has 0 bridgehead atoms. The number of rotatable bonds is 5. The Morgan fingerprint density at radius 3 is 2.76 bits per heavy atom. The van der Waals surface area contributed by atoms with Crippen LogP contribution in [0.3, 0.4) is 0 Å². The highest BCUT2D eigenvalue weighted by Crippen LogP contribution is 2.41. The molecule has 0 saturated carbocycles. The summed E-state index contributed by atoms with van der Waals surface area (Å²) in [5.74, 6) is -1.68. The van der Waals surface area contributed by atoms with Crippen LogP contribution in [0.25, 0.3) is 0 Å². The number of carboxylic acid groups (broad SMARTS) is 1. The number of benzene rings is 1. The molecule has 0 aliphatic carbocycles. The molecule has 1 amide bonds. The Hall–Kier alpha value is -2.61. The summed E-state index contributed by atoms with van der Waals surface area (Å²) in [6, 6.07) is 8.78. The lowest BCUT2D eigenvalue weighted by Gasteiger charge is -2.47. The predicted molar refractivity (Wildman–Crippen MR) is 92.2 cm³/mol. The minimum Gasteiger partial charge on any atom is -0.477 e. The molecule has 8 heteroatoms. The van der Waals surface area contributed by atoms with E-state index in [4.69, 9.17) is 4.74 Å². The summed E-state index contributed by atoms with van der Waals surface area (Å²) in [6.45, 7) is 1.13. The number of thioether (sulfide) groups is 1. The van der Waals surface area contributed by atoms with Crippen molar-refractivity contribution >= 4 is 35.8 Å². The van der Waals surface area contributed by atoms with E-state index in [9.17, 15) is 19.5 Å². The number of esters is 1. The van der Waals surface area contributed by atoms with Gasteiger partial charge in [-0.05, 0) is 5.56 Å². The Bertz CT molecular complexity index is 775. The molecule has 1 N–H and O–H groups in total. The summed E-state index contributed by atoms with van der Waals surface area (Å²) >= 11 is 1.42. The molecule has 0 radical (unpaired) electrons. The van der Waals surface area contributed by atoms with Gasteiger partial charge in [0.2, 0.25) is 0 Å². The highest BCUT2D eigenvalue weighted by Gasteiger charge is 2.53. The number of β-lactam (4-membered cyclic amide) rings is 1. The normalized spacial score (nSPS) is 22.6. The monoisotopic (exact) mass is 360 g/mol. The van der Waals surface area contributed by atoms with Crippen LogP contribution in [-0.2, 0) is 19.1 Å². The summed E-state index contributed by atoms with van der Waals surface area (Å²) in [7, 11) is 0. The molecule has 2 atom stereocenters. The molecule has 0 unspecified atom stereocenters. The number of carbonyl (C=O) groups is 3.